The van der Waals surface area contributed by atoms with E-state index in [2.05, 4.69) is 15.8 Å². The van der Waals surface area contributed by atoms with Gasteiger partial charge in [0.05, 0.1) is 16.3 Å². The van der Waals surface area contributed by atoms with Gasteiger partial charge in [0.2, 0.25) is 0 Å². The molecule has 0 unspecified atom stereocenters. The highest BCUT2D eigenvalue weighted by Gasteiger charge is 2.13. The number of carbonyl (C=O) groups is 2. The van der Waals surface area contributed by atoms with Gasteiger partial charge in [-0.15, -0.1) is 0 Å². The van der Waals surface area contributed by atoms with E-state index < -0.39 is 11.8 Å². The van der Waals surface area contributed by atoms with Crippen LogP contribution in [0.25, 0.3) is 0 Å². The molecule has 0 atom stereocenters. The van der Waals surface area contributed by atoms with Crippen LogP contribution in [0.4, 0.5) is 5.69 Å². The summed E-state index contributed by atoms with van der Waals surface area (Å²) in [5.41, 5.74) is 5.53. The molecule has 0 fully saturated rings. The van der Waals surface area contributed by atoms with E-state index in [1.807, 2.05) is 31.2 Å². The van der Waals surface area contributed by atoms with Crippen LogP contribution in [0.1, 0.15) is 16.7 Å². The Morgan fingerprint density at radius 3 is 2.32 bits per heavy atom. The largest absolute Gasteiger partial charge is 0.489 e. The van der Waals surface area contributed by atoms with E-state index in [4.69, 9.17) is 27.9 Å². The second kappa shape index (κ2) is 10.6. The lowest BCUT2D eigenvalue weighted by molar-refractivity contribution is -0.136. The third kappa shape index (κ3) is 6.84. The van der Waals surface area contributed by atoms with Gasteiger partial charge >= 0.3 is 11.8 Å². The lowest BCUT2D eigenvalue weighted by atomic mass is 10.2. The number of carbonyl (C=O) groups excluding carboxylic acids is 2. The first-order valence-corrected chi connectivity index (χ1v) is 10.0. The van der Waals surface area contributed by atoms with Crippen LogP contribution in [-0.2, 0) is 16.2 Å². The smallest absolute Gasteiger partial charge is 0.329 e. The highest BCUT2D eigenvalue weighted by Crippen LogP contribution is 2.24. The molecule has 2 N–H and O–H groups in total. The fraction of sp³-hybridized carbons (Fsp3) is 0.0870. The minimum atomic E-state index is -0.916. The summed E-state index contributed by atoms with van der Waals surface area (Å²) < 4.78 is 5.75. The Morgan fingerprint density at radius 2 is 1.65 bits per heavy atom. The summed E-state index contributed by atoms with van der Waals surface area (Å²) in [6.45, 7) is 2.51. The highest BCUT2D eigenvalue weighted by atomic mass is 35.5. The normalized spacial score (nSPS) is 10.7. The van der Waals surface area contributed by atoms with Crippen molar-refractivity contribution in [3.05, 3.63) is 93.5 Å². The number of amides is 2. The van der Waals surface area contributed by atoms with Gasteiger partial charge < -0.3 is 10.1 Å². The van der Waals surface area contributed by atoms with Crippen molar-refractivity contribution in [2.75, 3.05) is 5.32 Å². The molecular weight excluding hydrogens is 437 g/mol. The number of nitrogens with one attached hydrogen (secondary N) is 2. The van der Waals surface area contributed by atoms with Gasteiger partial charge in [0.1, 0.15) is 12.4 Å². The van der Waals surface area contributed by atoms with Crippen LogP contribution in [-0.4, -0.2) is 18.0 Å². The predicted molar refractivity (Wildman–Crippen MR) is 123 cm³/mol. The standard InChI is InChI=1S/C23H19Cl2N3O3/c1-15-2-4-17(5-3-15)14-31-19-9-6-16(7-10-19)13-26-28-23(30)22(29)27-18-8-11-20(24)21(25)12-18/h2-13H,14H2,1H3,(H,27,29)(H,28,30)/b26-13-. The number of aryl methyl sites for hydroxylation is 1. The molecule has 0 aliphatic rings. The number of rotatable bonds is 6. The first-order valence-electron chi connectivity index (χ1n) is 9.28. The van der Waals surface area contributed by atoms with Gasteiger partial charge in [0, 0.05) is 5.69 Å². The molecule has 0 aliphatic heterocycles. The molecule has 31 heavy (non-hydrogen) atoms. The lowest BCUT2D eigenvalue weighted by Gasteiger charge is -2.07. The van der Waals surface area contributed by atoms with Crippen molar-refractivity contribution >= 4 is 46.9 Å². The molecule has 6 nitrogen and oxygen atoms in total. The molecule has 0 saturated heterocycles. The number of halogens is 2. The van der Waals surface area contributed by atoms with Crippen LogP contribution >= 0.6 is 23.2 Å². The van der Waals surface area contributed by atoms with Crippen LogP contribution < -0.4 is 15.5 Å². The number of ether oxygens (including phenoxy) is 1. The predicted octanol–water partition coefficient (Wildman–Crippen LogP) is 4.97. The third-order valence-corrected chi connectivity index (χ3v) is 4.91. The Balaban J connectivity index is 1.47. The molecular formula is C23H19Cl2N3O3. The molecule has 0 heterocycles. The number of hydrazone groups is 1. The minimum absolute atomic E-state index is 0.268. The maximum atomic E-state index is 11.9. The summed E-state index contributed by atoms with van der Waals surface area (Å²) in [5.74, 6) is -1.08. The first-order chi connectivity index (χ1) is 14.9. The molecule has 0 aliphatic carbocycles. The van der Waals surface area contributed by atoms with Crippen LogP contribution in [0.15, 0.2) is 71.8 Å². The lowest BCUT2D eigenvalue weighted by Crippen LogP contribution is -2.32. The van der Waals surface area contributed by atoms with E-state index in [9.17, 15) is 9.59 Å². The van der Waals surface area contributed by atoms with Crippen molar-refractivity contribution < 1.29 is 14.3 Å². The van der Waals surface area contributed by atoms with Gasteiger partial charge in [0.25, 0.3) is 0 Å². The van der Waals surface area contributed by atoms with E-state index >= 15 is 0 Å². The molecule has 3 aromatic carbocycles. The fourth-order valence-electron chi connectivity index (χ4n) is 2.48. The Labute approximate surface area is 189 Å². The van der Waals surface area contributed by atoms with Crippen molar-refractivity contribution in [2.45, 2.75) is 13.5 Å². The average molecular weight is 456 g/mol. The van der Waals surface area contributed by atoms with Gasteiger partial charge in [-0.1, -0.05) is 53.0 Å². The molecule has 158 valence electrons. The summed E-state index contributed by atoms with van der Waals surface area (Å²) in [4.78, 5) is 23.8. The van der Waals surface area contributed by atoms with E-state index in [0.29, 0.717) is 23.1 Å². The zero-order chi connectivity index (χ0) is 22.2. The molecule has 3 aromatic rings. The molecule has 0 radical (unpaired) electrons. The van der Waals surface area contributed by atoms with E-state index in [-0.39, 0.29) is 5.02 Å². The van der Waals surface area contributed by atoms with Gasteiger partial charge in [-0.2, -0.15) is 5.10 Å². The summed E-state index contributed by atoms with van der Waals surface area (Å²) in [7, 11) is 0. The van der Waals surface area contributed by atoms with Crippen LogP contribution in [0, 0.1) is 6.92 Å². The summed E-state index contributed by atoms with van der Waals surface area (Å²) >= 11 is 11.7. The second-order valence-corrected chi connectivity index (χ2v) is 7.44. The van der Waals surface area contributed by atoms with Crippen molar-refractivity contribution in [1.29, 1.82) is 0 Å². The minimum Gasteiger partial charge on any atom is -0.489 e. The molecule has 3 rings (SSSR count). The molecule has 0 aromatic heterocycles. The van der Waals surface area contributed by atoms with Gasteiger partial charge in [-0.25, -0.2) is 5.43 Å². The molecule has 2 amide bonds. The zero-order valence-corrected chi connectivity index (χ0v) is 18.1. The van der Waals surface area contributed by atoms with E-state index in [1.54, 1.807) is 24.3 Å². The number of anilines is 1. The fourth-order valence-corrected chi connectivity index (χ4v) is 2.78. The number of hydrogen-bond donors (Lipinski definition) is 2. The van der Waals surface area contributed by atoms with E-state index in [1.165, 1.54) is 30.0 Å². The summed E-state index contributed by atoms with van der Waals surface area (Å²) in [6.07, 6.45) is 1.42. The van der Waals surface area contributed by atoms with Gasteiger partial charge in [-0.05, 0) is 60.5 Å². The number of benzene rings is 3. The molecule has 8 heteroatoms. The van der Waals surface area contributed by atoms with Crippen LogP contribution in [0.5, 0.6) is 5.75 Å². The Hall–Kier alpha value is -3.35. The first kappa shape index (κ1) is 22.3. The van der Waals surface area contributed by atoms with Crippen LogP contribution in [0.2, 0.25) is 10.0 Å². The summed E-state index contributed by atoms with van der Waals surface area (Å²) in [6, 6.07) is 19.8. The topological polar surface area (TPSA) is 79.8 Å². The second-order valence-electron chi connectivity index (χ2n) is 6.63. The zero-order valence-electron chi connectivity index (χ0n) is 16.6. The Bertz CT molecular complexity index is 1100. The third-order valence-electron chi connectivity index (χ3n) is 4.17. The summed E-state index contributed by atoms with van der Waals surface area (Å²) in [5, 5.41) is 6.82. The molecule has 0 spiro atoms. The van der Waals surface area contributed by atoms with E-state index in [0.717, 1.165) is 11.1 Å². The quantitative estimate of drug-likeness (QED) is 0.312. The SMILES string of the molecule is Cc1ccc(COc2ccc(/C=N\NC(=O)C(=O)Nc3ccc(Cl)c(Cl)c3)cc2)cc1. The average Bonchev–Trinajstić information content (AvgIpc) is 2.76. The van der Waals surface area contributed by atoms with Gasteiger partial charge in [0.15, 0.2) is 0 Å². The van der Waals surface area contributed by atoms with Crippen molar-refractivity contribution in [1.82, 2.24) is 5.43 Å². The van der Waals surface area contributed by atoms with Crippen LogP contribution in [0.3, 0.4) is 0 Å². The maximum absolute atomic E-state index is 11.9. The number of hydrogen-bond acceptors (Lipinski definition) is 4. The van der Waals surface area contributed by atoms with Crippen molar-refractivity contribution in [3.63, 3.8) is 0 Å². The van der Waals surface area contributed by atoms with Crippen molar-refractivity contribution in [2.24, 2.45) is 5.10 Å². The molecule has 0 bridgehead atoms. The van der Waals surface area contributed by atoms with Gasteiger partial charge in [-0.3, -0.25) is 9.59 Å². The van der Waals surface area contributed by atoms with Crippen molar-refractivity contribution in [3.8, 4) is 5.75 Å². The number of nitrogens with zero attached hydrogens (tertiary/aromatic N) is 1. The Kier molecular flexibility index (Phi) is 7.65. The molecule has 0 saturated carbocycles. The monoisotopic (exact) mass is 455 g/mol. The maximum Gasteiger partial charge on any atom is 0.329 e. The highest BCUT2D eigenvalue weighted by molar-refractivity contribution is 6.42. The Morgan fingerprint density at radius 1 is 0.935 bits per heavy atom.